The van der Waals surface area contributed by atoms with Gasteiger partial charge in [0.1, 0.15) is 0 Å². The van der Waals surface area contributed by atoms with Crippen molar-refractivity contribution in [3.8, 4) is 0 Å². The number of rotatable bonds is 5. The van der Waals surface area contributed by atoms with Gasteiger partial charge in [0, 0.05) is 13.0 Å². The summed E-state index contributed by atoms with van der Waals surface area (Å²) in [4.78, 5) is 41.0. The second kappa shape index (κ2) is 9.77. The summed E-state index contributed by atoms with van der Waals surface area (Å²) in [6, 6.07) is 20.1. The van der Waals surface area contributed by atoms with E-state index >= 15 is 0 Å². The van der Waals surface area contributed by atoms with Gasteiger partial charge in [-0.25, -0.2) is 0 Å². The molecular formula is C28H29NO5. The number of hydrogen-bond acceptors (Lipinski definition) is 6. The van der Waals surface area contributed by atoms with Gasteiger partial charge in [0.25, 0.3) is 0 Å². The molecule has 1 aliphatic heterocycles. The number of carbonyl (C=O) groups excluding carboxylic acids is 3. The Kier molecular flexibility index (Phi) is 6.80. The van der Waals surface area contributed by atoms with Crippen LogP contribution in [0.15, 0.2) is 83.5 Å². The third-order valence-electron chi connectivity index (χ3n) is 6.90. The van der Waals surface area contributed by atoms with Crippen molar-refractivity contribution in [2.75, 3.05) is 27.3 Å². The summed E-state index contributed by atoms with van der Waals surface area (Å²) in [5, 5.41) is 0. The lowest BCUT2D eigenvalue weighted by atomic mass is 9.85. The number of carbonyl (C=O) groups is 3. The standard InChI is InChI=1S/C28H29NO5/c1-19-23-17-28(26(31)33-2,27(32)34-3)16-22(23)14-15-29(18-24(19)30)25(20-10-6-4-7-11-20)21-12-8-5-9-13-21/h4-14,25H,15-18H2,1-3H3/b22-14-,23-19-. The molecule has 0 atom stereocenters. The van der Waals surface area contributed by atoms with E-state index in [4.69, 9.17) is 9.47 Å². The zero-order chi connectivity index (χ0) is 24.3. The number of esters is 2. The number of ether oxygens (including phenoxy) is 2. The van der Waals surface area contributed by atoms with Gasteiger partial charge in [-0.1, -0.05) is 66.7 Å². The number of fused-ring (bicyclic) bond motifs is 1. The molecule has 176 valence electrons. The quantitative estimate of drug-likeness (QED) is 0.497. The number of hydrogen-bond donors (Lipinski definition) is 0. The molecule has 0 aromatic heterocycles. The lowest BCUT2D eigenvalue weighted by Crippen LogP contribution is -2.38. The second-order valence-corrected chi connectivity index (χ2v) is 8.83. The fraction of sp³-hybridized carbons (Fsp3) is 0.321. The maximum Gasteiger partial charge on any atom is 0.323 e. The van der Waals surface area contributed by atoms with Crippen molar-refractivity contribution in [1.29, 1.82) is 0 Å². The van der Waals surface area contributed by atoms with Gasteiger partial charge in [-0.3, -0.25) is 19.3 Å². The Hall–Kier alpha value is -3.51. The Morgan fingerprint density at radius 3 is 1.91 bits per heavy atom. The summed E-state index contributed by atoms with van der Waals surface area (Å²) in [5.74, 6) is -1.30. The number of nitrogens with zero attached hydrogens (tertiary/aromatic N) is 1. The molecule has 6 nitrogen and oxygen atoms in total. The third kappa shape index (κ3) is 4.21. The number of methoxy groups -OCH3 is 2. The first kappa shape index (κ1) is 23.6. The highest BCUT2D eigenvalue weighted by Crippen LogP contribution is 2.48. The summed E-state index contributed by atoms with van der Waals surface area (Å²) in [7, 11) is 2.53. The molecule has 0 saturated heterocycles. The van der Waals surface area contributed by atoms with Crippen LogP contribution in [-0.2, 0) is 23.9 Å². The van der Waals surface area contributed by atoms with Crippen molar-refractivity contribution in [3.63, 3.8) is 0 Å². The van der Waals surface area contributed by atoms with E-state index in [0.717, 1.165) is 22.3 Å². The molecule has 0 unspecified atom stereocenters. The van der Waals surface area contributed by atoms with Crippen molar-refractivity contribution in [2.24, 2.45) is 5.41 Å². The van der Waals surface area contributed by atoms with Crippen LogP contribution >= 0.6 is 0 Å². The molecule has 0 spiro atoms. The van der Waals surface area contributed by atoms with E-state index in [1.165, 1.54) is 14.2 Å². The van der Waals surface area contributed by atoms with E-state index in [2.05, 4.69) is 29.2 Å². The highest BCUT2D eigenvalue weighted by Gasteiger charge is 2.54. The van der Waals surface area contributed by atoms with Gasteiger partial charge >= 0.3 is 11.9 Å². The predicted molar refractivity (Wildman–Crippen MR) is 128 cm³/mol. The van der Waals surface area contributed by atoms with Crippen LogP contribution in [0.5, 0.6) is 0 Å². The molecule has 34 heavy (non-hydrogen) atoms. The van der Waals surface area contributed by atoms with Crippen LogP contribution in [0.25, 0.3) is 0 Å². The minimum Gasteiger partial charge on any atom is -0.468 e. The van der Waals surface area contributed by atoms with Crippen LogP contribution in [0.3, 0.4) is 0 Å². The van der Waals surface area contributed by atoms with Crippen molar-refractivity contribution < 1.29 is 23.9 Å². The molecule has 1 saturated carbocycles. The molecule has 6 heteroatoms. The molecule has 2 aliphatic rings. The molecule has 0 radical (unpaired) electrons. The van der Waals surface area contributed by atoms with E-state index in [1.54, 1.807) is 6.92 Å². The summed E-state index contributed by atoms with van der Waals surface area (Å²) in [6.45, 7) is 2.49. The minimum atomic E-state index is -1.46. The molecular weight excluding hydrogens is 430 g/mol. The molecule has 2 aromatic carbocycles. The van der Waals surface area contributed by atoms with Gasteiger partial charge in [0.05, 0.1) is 26.8 Å². The highest BCUT2D eigenvalue weighted by molar-refractivity contribution is 6.04. The van der Waals surface area contributed by atoms with Gasteiger partial charge in [-0.05, 0) is 41.2 Å². The van der Waals surface area contributed by atoms with Crippen LogP contribution in [0.1, 0.15) is 36.9 Å². The van der Waals surface area contributed by atoms with Crippen molar-refractivity contribution >= 4 is 17.7 Å². The van der Waals surface area contributed by atoms with Gasteiger partial charge in [0.15, 0.2) is 11.2 Å². The fourth-order valence-corrected chi connectivity index (χ4v) is 5.09. The molecule has 1 aliphatic carbocycles. The lowest BCUT2D eigenvalue weighted by Gasteiger charge is -2.32. The van der Waals surface area contributed by atoms with Crippen molar-refractivity contribution in [1.82, 2.24) is 4.90 Å². The van der Waals surface area contributed by atoms with Crippen LogP contribution in [-0.4, -0.2) is 49.9 Å². The largest absolute Gasteiger partial charge is 0.468 e. The van der Waals surface area contributed by atoms with Gasteiger partial charge < -0.3 is 9.47 Å². The topological polar surface area (TPSA) is 72.9 Å². The molecule has 0 amide bonds. The molecule has 2 aromatic rings. The highest BCUT2D eigenvalue weighted by atomic mass is 16.5. The molecule has 0 bridgehead atoms. The number of ketones is 1. The van der Waals surface area contributed by atoms with Crippen LogP contribution in [0, 0.1) is 5.41 Å². The maximum atomic E-state index is 13.4. The van der Waals surface area contributed by atoms with Crippen molar-refractivity contribution in [2.45, 2.75) is 25.8 Å². The van der Waals surface area contributed by atoms with E-state index in [9.17, 15) is 14.4 Å². The summed E-state index contributed by atoms with van der Waals surface area (Å²) >= 11 is 0. The Balaban J connectivity index is 1.76. The molecule has 0 N–H and O–H groups in total. The van der Waals surface area contributed by atoms with E-state index in [1.807, 2.05) is 42.5 Å². The molecule has 1 fully saturated rings. The Morgan fingerprint density at radius 1 is 0.882 bits per heavy atom. The Labute approximate surface area is 199 Å². The third-order valence-corrected chi connectivity index (χ3v) is 6.90. The SMILES string of the molecule is COC(=O)C1(C(=O)OC)CC2=C/CN(C(c3ccccc3)c3ccccc3)CC(=O)/C(C)=C\2C1. The van der Waals surface area contributed by atoms with Crippen LogP contribution in [0.2, 0.25) is 0 Å². The predicted octanol–water partition coefficient (Wildman–Crippen LogP) is 4.03. The minimum absolute atomic E-state index is 0.0250. The van der Waals surface area contributed by atoms with Crippen LogP contribution in [0.4, 0.5) is 0 Å². The molecule has 4 rings (SSSR count). The van der Waals surface area contributed by atoms with Gasteiger partial charge in [-0.2, -0.15) is 0 Å². The van der Waals surface area contributed by atoms with E-state index in [0.29, 0.717) is 12.1 Å². The summed E-state index contributed by atoms with van der Waals surface area (Å²) in [5.41, 5.74) is 2.87. The smallest absolute Gasteiger partial charge is 0.323 e. The normalized spacial score (nSPS) is 21.8. The summed E-state index contributed by atoms with van der Waals surface area (Å²) < 4.78 is 9.96. The number of allylic oxidation sites excluding steroid dienone is 2. The first-order chi connectivity index (χ1) is 16.4. The second-order valence-electron chi connectivity index (χ2n) is 8.83. The summed E-state index contributed by atoms with van der Waals surface area (Å²) in [6.07, 6.45) is 2.30. The first-order valence-corrected chi connectivity index (χ1v) is 11.3. The average molecular weight is 460 g/mol. The first-order valence-electron chi connectivity index (χ1n) is 11.3. The number of Topliss-reactive ketones (excluding diaryl/α,β-unsaturated/α-hetero) is 1. The zero-order valence-corrected chi connectivity index (χ0v) is 19.7. The van der Waals surface area contributed by atoms with E-state index in [-0.39, 0.29) is 31.2 Å². The maximum absolute atomic E-state index is 13.4. The lowest BCUT2D eigenvalue weighted by molar-refractivity contribution is -0.168. The Bertz CT molecular complexity index is 1090. The van der Waals surface area contributed by atoms with Gasteiger partial charge in [-0.15, -0.1) is 0 Å². The Morgan fingerprint density at radius 2 is 1.41 bits per heavy atom. The number of benzene rings is 2. The van der Waals surface area contributed by atoms with Crippen LogP contribution < -0.4 is 0 Å². The van der Waals surface area contributed by atoms with E-state index < -0.39 is 17.4 Å². The zero-order valence-electron chi connectivity index (χ0n) is 19.7. The average Bonchev–Trinajstić information content (AvgIpc) is 3.27. The monoisotopic (exact) mass is 459 g/mol. The van der Waals surface area contributed by atoms with Crippen molar-refractivity contribution in [3.05, 3.63) is 94.6 Å². The molecule has 1 heterocycles. The van der Waals surface area contributed by atoms with Gasteiger partial charge in [0.2, 0.25) is 0 Å². The fourth-order valence-electron chi connectivity index (χ4n) is 5.09.